The lowest BCUT2D eigenvalue weighted by Gasteiger charge is -2.10. The van der Waals surface area contributed by atoms with Gasteiger partial charge in [-0.05, 0) is 6.08 Å². The molecule has 0 bridgehead atoms. The first-order valence-corrected chi connectivity index (χ1v) is 5.84. The molecule has 5 heteroatoms. The zero-order chi connectivity index (χ0) is 14.3. The molecule has 0 aliphatic heterocycles. The van der Waals surface area contributed by atoms with E-state index in [4.69, 9.17) is 0 Å². The number of nitrogens with one attached hydrogen (secondary N) is 1. The molecule has 0 atom stereocenters. The van der Waals surface area contributed by atoms with Crippen LogP contribution in [0.3, 0.4) is 0 Å². The van der Waals surface area contributed by atoms with Gasteiger partial charge in [0.25, 0.3) is 5.95 Å². The third-order valence-corrected chi connectivity index (χ3v) is 2.51. The second kappa shape index (κ2) is 7.10. The molecule has 1 aromatic carbocycles. The average Bonchev–Trinajstić information content (AvgIpc) is 2.38. The predicted molar refractivity (Wildman–Crippen MR) is 74.2 cm³/mol. The van der Waals surface area contributed by atoms with E-state index in [1.165, 1.54) is 11.8 Å². The summed E-state index contributed by atoms with van der Waals surface area (Å²) in [6, 6.07) is 8.98. The zero-order valence-corrected chi connectivity index (χ0v) is 11.0. The van der Waals surface area contributed by atoms with Crippen LogP contribution in [0.1, 0.15) is 12.5 Å². The van der Waals surface area contributed by atoms with Crippen molar-refractivity contribution in [2.45, 2.75) is 6.92 Å². The molecule has 102 valence electrons. The number of hydrogen-bond acceptors (Lipinski definition) is 4. The number of benzene rings is 1. The molecule has 1 rings (SSSR count). The average molecular weight is 262 g/mol. The van der Waals surface area contributed by atoms with Crippen LogP contribution in [0, 0.1) is 0 Å². The van der Waals surface area contributed by atoms with Crippen LogP contribution in [0.2, 0.25) is 0 Å². The van der Waals surface area contributed by atoms with Crippen molar-refractivity contribution in [2.24, 2.45) is 0 Å². The summed E-state index contributed by atoms with van der Waals surface area (Å²) in [4.78, 5) is 12.4. The summed E-state index contributed by atoms with van der Waals surface area (Å²) in [6.07, 6.45) is 3.33. The van der Waals surface area contributed by atoms with Gasteiger partial charge >= 0.3 is 0 Å². The molecule has 1 aromatic rings. The highest BCUT2D eigenvalue weighted by molar-refractivity contribution is 5.73. The Hall–Kier alpha value is -2.43. The van der Waals surface area contributed by atoms with Crippen LogP contribution in [-0.4, -0.2) is 34.6 Å². The molecule has 0 fully saturated rings. The highest BCUT2D eigenvalue weighted by Gasteiger charge is 2.06. The molecule has 0 aliphatic carbocycles. The fourth-order valence-corrected chi connectivity index (χ4v) is 1.39. The normalized spacial score (nSPS) is 10.2. The number of aliphatic hydroxyl groups is 2. The summed E-state index contributed by atoms with van der Waals surface area (Å²) >= 11 is 0. The van der Waals surface area contributed by atoms with Crippen molar-refractivity contribution in [2.75, 3.05) is 13.6 Å². The monoisotopic (exact) mass is 262 g/mol. The molecule has 0 aromatic heterocycles. The summed E-state index contributed by atoms with van der Waals surface area (Å²) in [7, 11) is 1.65. The molecule has 5 nitrogen and oxygen atoms in total. The standard InChI is InChI=1S/C14H18N2O3/c1-11(17)16(2)10-6-9-15-13(14(18)19)12-7-4-3-5-8-12/h3-8,10,15,18-19H,9H2,1-2H3/b10-6+. The van der Waals surface area contributed by atoms with E-state index in [9.17, 15) is 15.0 Å². The van der Waals surface area contributed by atoms with E-state index in [1.54, 1.807) is 43.6 Å². The van der Waals surface area contributed by atoms with Gasteiger partial charge in [0.05, 0.1) is 0 Å². The molecule has 0 spiro atoms. The Morgan fingerprint density at radius 2 is 1.95 bits per heavy atom. The minimum Gasteiger partial charge on any atom is -0.480 e. The first-order valence-electron chi connectivity index (χ1n) is 5.84. The van der Waals surface area contributed by atoms with Crippen molar-refractivity contribution in [1.82, 2.24) is 10.2 Å². The molecule has 0 radical (unpaired) electrons. The van der Waals surface area contributed by atoms with Crippen LogP contribution < -0.4 is 5.32 Å². The Morgan fingerprint density at radius 3 is 2.47 bits per heavy atom. The lowest BCUT2D eigenvalue weighted by molar-refractivity contribution is -0.125. The van der Waals surface area contributed by atoms with E-state index < -0.39 is 5.95 Å². The molecule has 0 aliphatic rings. The maximum absolute atomic E-state index is 11.0. The first kappa shape index (κ1) is 14.6. The minimum atomic E-state index is -0.764. The Balaban J connectivity index is 2.64. The quantitative estimate of drug-likeness (QED) is 0.710. The predicted octanol–water partition coefficient (Wildman–Crippen LogP) is 2.01. The summed E-state index contributed by atoms with van der Waals surface area (Å²) in [5.41, 5.74) is 0.923. The molecule has 3 N–H and O–H groups in total. The maximum Gasteiger partial charge on any atom is 0.299 e. The summed E-state index contributed by atoms with van der Waals surface area (Å²) in [5.74, 6) is -0.834. The Kier molecular flexibility index (Phi) is 5.47. The molecule has 0 saturated carbocycles. The van der Waals surface area contributed by atoms with Gasteiger partial charge in [-0.1, -0.05) is 30.3 Å². The van der Waals surface area contributed by atoms with E-state index in [-0.39, 0.29) is 11.6 Å². The minimum absolute atomic E-state index is 0.0694. The number of nitrogens with zero attached hydrogens (tertiary/aromatic N) is 1. The number of rotatable bonds is 5. The Morgan fingerprint density at radius 1 is 1.32 bits per heavy atom. The van der Waals surface area contributed by atoms with Crippen molar-refractivity contribution in [3.63, 3.8) is 0 Å². The van der Waals surface area contributed by atoms with Gasteiger partial charge in [0.1, 0.15) is 5.70 Å². The lowest BCUT2D eigenvalue weighted by atomic mass is 10.1. The van der Waals surface area contributed by atoms with Crippen molar-refractivity contribution in [3.8, 4) is 0 Å². The fraction of sp³-hybridized carbons (Fsp3) is 0.214. The third-order valence-electron chi connectivity index (χ3n) is 2.51. The largest absolute Gasteiger partial charge is 0.480 e. The fourth-order valence-electron chi connectivity index (χ4n) is 1.39. The second-order valence-electron chi connectivity index (χ2n) is 3.96. The topological polar surface area (TPSA) is 72.8 Å². The van der Waals surface area contributed by atoms with Gasteiger partial charge in [0.2, 0.25) is 5.91 Å². The SMILES string of the molecule is CC(=O)N(C)/C=C/CNC(=C(O)O)c1ccccc1. The van der Waals surface area contributed by atoms with Crippen LogP contribution in [0.5, 0.6) is 0 Å². The highest BCUT2D eigenvalue weighted by atomic mass is 16.5. The summed E-state index contributed by atoms with van der Waals surface area (Å²) < 4.78 is 0. The van der Waals surface area contributed by atoms with Gasteiger partial charge in [0, 0.05) is 32.3 Å². The third kappa shape index (κ3) is 4.75. The van der Waals surface area contributed by atoms with Crippen LogP contribution in [0.15, 0.2) is 48.6 Å². The van der Waals surface area contributed by atoms with Crippen molar-refractivity contribution in [1.29, 1.82) is 0 Å². The number of carbonyl (C=O) groups is 1. The highest BCUT2D eigenvalue weighted by Crippen LogP contribution is 2.12. The van der Waals surface area contributed by atoms with Crippen LogP contribution >= 0.6 is 0 Å². The summed E-state index contributed by atoms with van der Waals surface area (Å²) in [6.45, 7) is 1.83. The van der Waals surface area contributed by atoms with Gasteiger partial charge in [-0.2, -0.15) is 0 Å². The van der Waals surface area contributed by atoms with Crippen molar-refractivity contribution >= 4 is 11.6 Å². The second-order valence-corrected chi connectivity index (χ2v) is 3.96. The van der Waals surface area contributed by atoms with Crippen molar-refractivity contribution in [3.05, 3.63) is 54.1 Å². The molecule has 19 heavy (non-hydrogen) atoms. The number of aliphatic hydroxyl groups excluding tert-OH is 1. The summed E-state index contributed by atoms with van der Waals surface area (Å²) in [5, 5.41) is 21.4. The van der Waals surface area contributed by atoms with Gasteiger partial charge < -0.3 is 20.4 Å². The molecule has 0 saturated heterocycles. The van der Waals surface area contributed by atoms with Crippen LogP contribution in [0.25, 0.3) is 5.70 Å². The number of carbonyl (C=O) groups excluding carboxylic acids is 1. The zero-order valence-electron chi connectivity index (χ0n) is 11.0. The Bertz CT molecular complexity index is 477. The maximum atomic E-state index is 11.0. The van der Waals surface area contributed by atoms with E-state index in [0.29, 0.717) is 12.1 Å². The van der Waals surface area contributed by atoms with E-state index in [1.807, 2.05) is 6.07 Å². The molecular formula is C14H18N2O3. The van der Waals surface area contributed by atoms with Gasteiger partial charge in [-0.15, -0.1) is 0 Å². The van der Waals surface area contributed by atoms with Crippen LogP contribution in [-0.2, 0) is 4.79 Å². The van der Waals surface area contributed by atoms with E-state index in [0.717, 1.165) is 0 Å². The molecule has 0 unspecified atom stereocenters. The van der Waals surface area contributed by atoms with Gasteiger partial charge in [0.15, 0.2) is 0 Å². The van der Waals surface area contributed by atoms with Gasteiger partial charge in [-0.3, -0.25) is 4.79 Å². The van der Waals surface area contributed by atoms with E-state index in [2.05, 4.69) is 5.32 Å². The lowest BCUT2D eigenvalue weighted by Crippen LogP contribution is -2.19. The smallest absolute Gasteiger partial charge is 0.299 e. The number of hydrogen-bond donors (Lipinski definition) is 3. The molecular weight excluding hydrogens is 244 g/mol. The van der Waals surface area contributed by atoms with Gasteiger partial charge in [-0.25, -0.2) is 0 Å². The Labute approximate surface area is 112 Å². The van der Waals surface area contributed by atoms with Crippen LogP contribution in [0.4, 0.5) is 0 Å². The number of amides is 1. The molecule has 0 heterocycles. The van der Waals surface area contributed by atoms with E-state index >= 15 is 0 Å². The first-order chi connectivity index (χ1) is 9.02. The molecule has 1 amide bonds. The van der Waals surface area contributed by atoms with Crippen molar-refractivity contribution < 1.29 is 15.0 Å².